The smallest absolute Gasteiger partial charge is 0.0991 e. The van der Waals surface area contributed by atoms with Crippen LogP contribution in [0.2, 0.25) is 0 Å². The van der Waals surface area contributed by atoms with Crippen LogP contribution < -0.4 is 0 Å². The van der Waals surface area contributed by atoms with E-state index in [4.69, 9.17) is 5.41 Å². The predicted molar refractivity (Wildman–Crippen MR) is 66.4 cm³/mol. The van der Waals surface area contributed by atoms with Crippen molar-refractivity contribution in [3.05, 3.63) is 0 Å². The predicted octanol–water partition coefficient (Wildman–Crippen LogP) is 3.66. The molecule has 15 heavy (non-hydrogen) atoms. The largest absolute Gasteiger partial charge is 0.358 e. The maximum Gasteiger partial charge on any atom is 0.0991 e. The summed E-state index contributed by atoms with van der Waals surface area (Å²) in [5.41, 5.74) is 0. The first-order valence-corrected chi connectivity index (χ1v) is 6.52. The van der Waals surface area contributed by atoms with E-state index in [0.29, 0.717) is 12.0 Å². The van der Waals surface area contributed by atoms with E-state index in [2.05, 4.69) is 25.7 Å². The summed E-state index contributed by atoms with van der Waals surface area (Å²) in [5, 5.41) is 8.30. The van der Waals surface area contributed by atoms with Gasteiger partial charge in [0.2, 0.25) is 0 Å². The van der Waals surface area contributed by atoms with Gasteiger partial charge in [0.15, 0.2) is 0 Å². The minimum absolute atomic E-state index is 0.486. The SMILES string of the molecule is CCCN(C(=N)C1CCCCC1)C(C)C. The van der Waals surface area contributed by atoms with E-state index in [-0.39, 0.29) is 0 Å². The molecule has 1 saturated carbocycles. The molecule has 1 aliphatic carbocycles. The van der Waals surface area contributed by atoms with Crippen molar-refractivity contribution < 1.29 is 0 Å². The Balaban J connectivity index is 2.53. The molecule has 0 amide bonds. The molecule has 1 rings (SSSR count). The summed E-state index contributed by atoms with van der Waals surface area (Å²) < 4.78 is 0. The van der Waals surface area contributed by atoms with Crippen LogP contribution >= 0.6 is 0 Å². The van der Waals surface area contributed by atoms with Crippen molar-refractivity contribution in [2.75, 3.05) is 6.54 Å². The van der Waals surface area contributed by atoms with Gasteiger partial charge in [0, 0.05) is 18.5 Å². The van der Waals surface area contributed by atoms with Crippen molar-refractivity contribution in [1.29, 1.82) is 5.41 Å². The Kier molecular flexibility index (Phi) is 5.13. The van der Waals surface area contributed by atoms with Gasteiger partial charge in [-0.1, -0.05) is 26.2 Å². The Morgan fingerprint density at radius 2 is 1.87 bits per heavy atom. The van der Waals surface area contributed by atoms with E-state index in [1.54, 1.807) is 0 Å². The van der Waals surface area contributed by atoms with Crippen LogP contribution in [0.3, 0.4) is 0 Å². The van der Waals surface area contributed by atoms with Gasteiger partial charge in [0.25, 0.3) is 0 Å². The third-order valence-corrected chi connectivity index (χ3v) is 3.39. The molecule has 0 saturated heterocycles. The van der Waals surface area contributed by atoms with Gasteiger partial charge in [-0.3, -0.25) is 5.41 Å². The lowest BCUT2D eigenvalue weighted by Gasteiger charge is -2.34. The third kappa shape index (κ3) is 3.51. The van der Waals surface area contributed by atoms with Crippen LogP contribution in [-0.4, -0.2) is 23.3 Å². The molecule has 0 bridgehead atoms. The summed E-state index contributed by atoms with van der Waals surface area (Å²) >= 11 is 0. The molecule has 0 atom stereocenters. The summed E-state index contributed by atoms with van der Waals surface area (Å²) in [7, 11) is 0. The maximum atomic E-state index is 8.30. The normalized spacial score (nSPS) is 18.1. The van der Waals surface area contributed by atoms with Crippen LogP contribution in [-0.2, 0) is 0 Å². The molecule has 0 aromatic carbocycles. The van der Waals surface area contributed by atoms with Crippen LogP contribution in [0, 0.1) is 11.3 Å². The Morgan fingerprint density at radius 3 is 2.33 bits per heavy atom. The zero-order valence-electron chi connectivity index (χ0n) is 10.6. The fourth-order valence-corrected chi connectivity index (χ4v) is 2.51. The van der Waals surface area contributed by atoms with Gasteiger partial charge in [-0.25, -0.2) is 0 Å². The molecule has 88 valence electrons. The van der Waals surface area contributed by atoms with Crippen molar-refractivity contribution in [2.45, 2.75) is 65.3 Å². The average Bonchev–Trinajstić information content (AvgIpc) is 2.26. The molecule has 1 N–H and O–H groups in total. The summed E-state index contributed by atoms with van der Waals surface area (Å²) in [6.45, 7) is 7.65. The Morgan fingerprint density at radius 1 is 1.27 bits per heavy atom. The molecule has 0 aromatic heterocycles. The fraction of sp³-hybridized carbons (Fsp3) is 0.923. The summed E-state index contributed by atoms with van der Waals surface area (Å²) in [5.74, 6) is 1.46. The molecule has 0 radical (unpaired) electrons. The molecular formula is C13H26N2. The van der Waals surface area contributed by atoms with Crippen LogP contribution in [0.25, 0.3) is 0 Å². The molecule has 0 aliphatic heterocycles. The van der Waals surface area contributed by atoms with Gasteiger partial charge in [-0.2, -0.15) is 0 Å². The van der Waals surface area contributed by atoms with Crippen molar-refractivity contribution in [3.63, 3.8) is 0 Å². The first-order chi connectivity index (χ1) is 7.16. The third-order valence-electron chi connectivity index (χ3n) is 3.39. The second-order valence-corrected chi connectivity index (χ2v) is 5.01. The second-order valence-electron chi connectivity index (χ2n) is 5.01. The van der Waals surface area contributed by atoms with E-state index in [9.17, 15) is 0 Å². The van der Waals surface area contributed by atoms with Crippen molar-refractivity contribution >= 4 is 5.84 Å². The summed E-state index contributed by atoms with van der Waals surface area (Å²) in [6, 6.07) is 0.486. The van der Waals surface area contributed by atoms with Crippen LogP contribution in [0.1, 0.15) is 59.3 Å². The zero-order chi connectivity index (χ0) is 11.3. The minimum Gasteiger partial charge on any atom is -0.358 e. The molecule has 1 fully saturated rings. The quantitative estimate of drug-likeness (QED) is 0.556. The number of hydrogen-bond donors (Lipinski definition) is 1. The highest BCUT2D eigenvalue weighted by atomic mass is 15.2. The number of hydrogen-bond acceptors (Lipinski definition) is 1. The van der Waals surface area contributed by atoms with Crippen LogP contribution in [0.4, 0.5) is 0 Å². The summed E-state index contributed by atoms with van der Waals surface area (Å²) in [4.78, 5) is 2.29. The first-order valence-electron chi connectivity index (χ1n) is 6.52. The van der Waals surface area contributed by atoms with Crippen molar-refractivity contribution in [2.24, 2.45) is 5.92 Å². The molecule has 0 unspecified atom stereocenters. The van der Waals surface area contributed by atoms with Gasteiger partial charge < -0.3 is 4.90 Å². The lowest BCUT2D eigenvalue weighted by molar-refractivity contribution is 0.308. The van der Waals surface area contributed by atoms with E-state index in [0.717, 1.165) is 18.8 Å². The van der Waals surface area contributed by atoms with Gasteiger partial charge in [-0.15, -0.1) is 0 Å². The van der Waals surface area contributed by atoms with E-state index < -0.39 is 0 Å². The number of nitrogens with one attached hydrogen (secondary N) is 1. The average molecular weight is 210 g/mol. The minimum atomic E-state index is 0.486. The number of rotatable bonds is 4. The highest BCUT2D eigenvalue weighted by Crippen LogP contribution is 2.26. The second kappa shape index (κ2) is 6.14. The summed E-state index contributed by atoms with van der Waals surface area (Å²) in [6.07, 6.45) is 7.65. The Hall–Kier alpha value is -0.530. The van der Waals surface area contributed by atoms with Gasteiger partial charge in [0.1, 0.15) is 0 Å². The van der Waals surface area contributed by atoms with Crippen molar-refractivity contribution in [3.8, 4) is 0 Å². The van der Waals surface area contributed by atoms with Gasteiger partial charge in [0.05, 0.1) is 5.84 Å². The Bertz CT molecular complexity index is 193. The maximum absolute atomic E-state index is 8.30. The van der Waals surface area contributed by atoms with E-state index in [1.165, 1.54) is 32.1 Å². The molecule has 0 aromatic rings. The monoisotopic (exact) mass is 210 g/mol. The lowest BCUT2D eigenvalue weighted by Crippen LogP contribution is -2.41. The topological polar surface area (TPSA) is 27.1 Å². The number of nitrogens with zero attached hydrogens (tertiary/aromatic N) is 1. The van der Waals surface area contributed by atoms with Gasteiger partial charge in [-0.05, 0) is 33.1 Å². The van der Waals surface area contributed by atoms with Crippen molar-refractivity contribution in [1.82, 2.24) is 4.90 Å². The van der Waals surface area contributed by atoms with E-state index in [1.807, 2.05) is 0 Å². The molecule has 1 aliphatic rings. The fourth-order valence-electron chi connectivity index (χ4n) is 2.51. The van der Waals surface area contributed by atoms with Gasteiger partial charge >= 0.3 is 0 Å². The van der Waals surface area contributed by atoms with Crippen LogP contribution in [0.15, 0.2) is 0 Å². The zero-order valence-corrected chi connectivity index (χ0v) is 10.6. The molecule has 0 spiro atoms. The highest BCUT2D eigenvalue weighted by Gasteiger charge is 2.23. The standard InChI is InChI=1S/C13H26N2/c1-4-10-15(11(2)3)13(14)12-8-6-5-7-9-12/h11-12,14H,4-10H2,1-3H3. The first kappa shape index (κ1) is 12.5. The lowest BCUT2D eigenvalue weighted by atomic mass is 9.87. The molecule has 0 heterocycles. The molecular weight excluding hydrogens is 184 g/mol. The van der Waals surface area contributed by atoms with Crippen LogP contribution in [0.5, 0.6) is 0 Å². The number of amidine groups is 1. The van der Waals surface area contributed by atoms with E-state index >= 15 is 0 Å². The molecule has 2 nitrogen and oxygen atoms in total. The molecule has 2 heteroatoms. The highest BCUT2D eigenvalue weighted by molar-refractivity contribution is 5.82. The Labute approximate surface area is 94.6 Å².